The normalized spacial score (nSPS) is 10.5. The van der Waals surface area contributed by atoms with Crippen molar-refractivity contribution < 1.29 is 0 Å². The summed E-state index contributed by atoms with van der Waals surface area (Å²) in [6.45, 7) is 0.524. The molecule has 0 aliphatic heterocycles. The van der Waals surface area contributed by atoms with Gasteiger partial charge in [-0.15, -0.1) is 0 Å². The second kappa shape index (κ2) is 5.87. The van der Waals surface area contributed by atoms with Gasteiger partial charge in [0, 0.05) is 22.1 Å². The maximum Gasteiger partial charge on any atom is 0.119 e. The van der Waals surface area contributed by atoms with Gasteiger partial charge in [-0.1, -0.05) is 45.4 Å². The summed E-state index contributed by atoms with van der Waals surface area (Å²) in [6.07, 6.45) is 1.73. The molecule has 2 N–H and O–H groups in total. The Morgan fingerprint density at radius 3 is 2.82 bits per heavy atom. The highest BCUT2D eigenvalue weighted by Crippen LogP contribution is 2.33. The van der Waals surface area contributed by atoms with Gasteiger partial charge in [0.2, 0.25) is 0 Å². The van der Waals surface area contributed by atoms with E-state index in [0.717, 1.165) is 20.0 Å². The SMILES string of the molecule is NCc1ccc(Sc2ncccc2Cl)cc1Br. The molecular weight excluding hydrogens is 320 g/mol. The average Bonchev–Trinajstić information content (AvgIpc) is 2.32. The van der Waals surface area contributed by atoms with Crippen LogP contribution < -0.4 is 5.73 Å². The molecule has 17 heavy (non-hydrogen) atoms. The van der Waals surface area contributed by atoms with E-state index in [1.807, 2.05) is 30.3 Å². The van der Waals surface area contributed by atoms with Crippen molar-refractivity contribution in [2.45, 2.75) is 16.5 Å². The number of benzene rings is 1. The molecule has 2 nitrogen and oxygen atoms in total. The van der Waals surface area contributed by atoms with E-state index in [1.54, 1.807) is 6.20 Å². The van der Waals surface area contributed by atoms with Crippen molar-refractivity contribution in [1.29, 1.82) is 0 Å². The number of rotatable bonds is 3. The Hall–Kier alpha value is -0.550. The van der Waals surface area contributed by atoms with Crippen LogP contribution in [0, 0.1) is 0 Å². The molecule has 0 radical (unpaired) electrons. The predicted molar refractivity (Wildman–Crippen MR) is 75.4 cm³/mol. The Bertz CT molecular complexity index is 534. The number of aromatic nitrogens is 1. The number of hydrogen-bond donors (Lipinski definition) is 1. The first kappa shape index (κ1) is 12.9. The van der Waals surface area contributed by atoms with Crippen LogP contribution >= 0.6 is 39.3 Å². The lowest BCUT2D eigenvalue weighted by atomic mass is 10.2. The van der Waals surface area contributed by atoms with Crippen molar-refractivity contribution in [3.05, 3.63) is 51.6 Å². The monoisotopic (exact) mass is 328 g/mol. The first-order chi connectivity index (χ1) is 8.20. The van der Waals surface area contributed by atoms with Crippen molar-refractivity contribution in [2.75, 3.05) is 0 Å². The highest BCUT2D eigenvalue weighted by Gasteiger charge is 2.05. The Balaban J connectivity index is 2.25. The summed E-state index contributed by atoms with van der Waals surface area (Å²) in [5.74, 6) is 0. The van der Waals surface area contributed by atoms with Gasteiger partial charge >= 0.3 is 0 Å². The number of nitrogens with zero attached hydrogens (tertiary/aromatic N) is 1. The van der Waals surface area contributed by atoms with E-state index in [0.29, 0.717) is 11.6 Å². The molecule has 0 amide bonds. The van der Waals surface area contributed by atoms with Gasteiger partial charge in [-0.05, 0) is 29.8 Å². The van der Waals surface area contributed by atoms with E-state index in [2.05, 4.69) is 20.9 Å². The van der Waals surface area contributed by atoms with E-state index >= 15 is 0 Å². The molecule has 88 valence electrons. The summed E-state index contributed by atoms with van der Waals surface area (Å²) >= 11 is 11.1. The third kappa shape index (κ3) is 3.22. The summed E-state index contributed by atoms with van der Waals surface area (Å²) in [6, 6.07) is 9.70. The van der Waals surface area contributed by atoms with E-state index in [1.165, 1.54) is 11.8 Å². The number of pyridine rings is 1. The quantitative estimate of drug-likeness (QED) is 0.921. The highest BCUT2D eigenvalue weighted by molar-refractivity contribution is 9.10. The maximum absolute atomic E-state index is 6.06. The molecule has 2 rings (SSSR count). The molecule has 1 aromatic heterocycles. The Morgan fingerprint density at radius 1 is 1.35 bits per heavy atom. The van der Waals surface area contributed by atoms with Gasteiger partial charge in [-0.25, -0.2) is 4.98 Å². The van der Waals surface area contributed by atoms with Crippen molar-refractivity contribution in [2.24, 2.45) is 5.73 Å². The van der Waals surface area contributed by atoms with Gasteiger partial charge in [0.15, 0.2) is 0 Å². The third-order valence-corrected chi connectivity index (χ3v) is 4.35. The lowest BCUT2D eigenvalue weighted by molar-refractivity contribution is 1.05. The molecule has 0 fully saturated rings. The fourth-order valence-corrected chi connectivity index (χ4v) is 3.06. The van der Waals surface area contributed by atoms with Gasteiger partial charge < -0.3 is 5.73 Å². The van der Waals surface area contributed by atoms with Crippen LogP contribution in [-0.4, -0.2) is 4.98 Å². The Kier molecular flexibility index (Phi) is 4.45. The van der Waals surface area contributed by atoms with Crippen LogP contribution in [0.2, 0.25) is 5.02 Å². The lowest BCUT2D eigenvalue weighted by Gasteiger charge is -2.06. The van der Waals surface area contributed by atoms with E-state index < -0.39 is 0 Å². The van der Waals surface area contributed by atoms with Crippen molar-refractivity contribution in [3.63, 3.8) is 0 Å². The second-order valence-electron chi connectivity index (χ2n) is 3.35. The van der Waals surface area contributed by atoms with Crippen LogP contribution in [0.1, 0.15) is 5.56 Å². The molecule has 0 saturated heterocycles. The van der Waals surface area contributed by atoms with Crippen LogP contribution in [0.25, 0.3) is 0 Å². The summed E-state index contributed by atoms with van der Waals surface area (Å²) in [5.41, 5.74) is 6.69. The highest BCUT2D eigenvalue weighted by atomic mass is 79.9. The van der Waals surface area contributed by atoms with Crippen LogP contribution in [0.15, 0.2) is 50.9 Å². The van der Waals surface area contributed by atoms with Crippen LogP contribution in [0.4, 0.5) is 0 Å². The summed E-state index contributed by atoms with van der Waals surface area (Å²) < 4.78 is 1.01. The second-order valence-corrected chi connectivity index (χ2v) is 5.67. The fraction of sp³-hybridized carbons (Fsp3) is 0.0833. The van der Waals surface area contributed by atoms with Gasteiger partial charge in [0.1, 0.15) is 5.03 Å². The molecule has 0 bridgehead atoms. The fourth-order valence-electron chi connectivity index (χ4n) is 1.32. The number of halogens is 2. The van der Waals surface area contributed by atoms with Gasteiger partial charge in [-0.3, -0.25) is 0 Å². The topological polar surface area (TPSA) is 38.9 Å². The van der Waals surface area contributed by atoms with E-state index in [4.69, 9.17) is 17.3 Å². The van der Waals surface area contributed by atoms with Crippen molar-refractivity contribution >= 4 is 39.3 Å². The summed E-state index contributed by atoms with van der Waals surface area (Å²) in [7, 11) is 0. The average molecular weight is 330 g/mol. The molecule has 2 aromatic rings. The largest absolute Gasteiger partial charge is 0.326 e. The minimum atomic E-state index is 0.524. The molecule has 0 spiro atoms. The van der Waals surface area contributed by atoms with Crippen LogP contribution in [-0.2, 0) is 6.54 Å². The molecular formula is C12H10BrClN2S. The molecule has 0 atom stereocenters. The minimum absolute atomic E-state index is 0.524. The third-order valence-electron chi connectivity index (χ3n) is 2.18. The molecule has 0 aliphatic carbocycles. The number of hydrogen-bond acceptors (Lipinski definition) is 3. The summed E-state index contributed by atoms with van der Waals surface area (Å²) in [5, 5.41) is 1.47. The summed E-state index contributed by atoms with van der Waals surface area (Å²) in [4.78, 5) is 5.32. The first-order valence-corrected chi connectivity index (χ1v) is 6.96. The molecule has 5 heteroatoms. The van der Waals surface area contributed by atoms with Crippen molar-refractivity contribution in [1.82, 2.24) is 4.98 Å². The van der Waals surface area contributed by atoms with Crippen LogP contribution in [0.5, 0.6) is 0 Å². The zero-order chi connectivity index (χ0) is 12.3. The van der Waals surface area contributed by atoms with E-state index in [9.17, 15) is 0 Å². The predicted octanol–water partition coefficient (Wildman–Crippen LogP) is 4.11. The van der Waals surface area contributed by atoms with Gasteiger partial charge in [0.25, 0.3) is 0 Å². The first-order valence-electron chi connectivity index (χ1n) is 4.97. The lowest BCUT2D eigenvalue weighted by Crippen LogP contribution is -1.96. The number of nitrogens with two attached hydrogens (primary N) is 1. The smallest absolute Gasteiger partial charge is 0.119 e. The molecule has 1 aromatic carbocycles. The van der Waals surface area contributed by atoms with Crippen molar-refractivity contribution in [3.8, 4) is 0 Å². The molecule has 0 unspecified atom stereocenters. The zero-order valence-electron chi connectivity index (χ0n) is 8.86. The zero-order valence-corrected chi connectivity index (χ0v) is 12.0. The standard InChI is InChI=1S/C12H10BrClN2S/c13-10-6-9(4-3-8(10)7-15)17-12-11(14)2-1-5-16-12/h1-6H,7,15H2. The van der Waals surface area contributed by atoms with Gasteiger partial charge in [-0.2, -0.15) is 0 Å². The van der Waals surface area contributed by atoms with E-state index in [-0.39, 0.29) is 0 Å². The van der Waals surface area contributed by atoms with Crippen LogP contribution in [0.3, 0.4) is 0 Å². The maximum atomic E-state index is 6.06. The molecule has 0 saturated carbocycles. The van der Waals surface area contributed by atoms with Gasteiger partial charge in [0.05, 0.1) is 5.02 Å². The molecule has 1 heterocycles. The Labute approximate surface area is 118 Å². The Morgan fingerprint density at radius 2 is 2.18 bits per heavy atom. The molecule has 0 aliphatic rings. The minimum Gasteiger partial charge on any atom is -0.326 e.